The van der Waals surface area contributed by atoms with Crippen molar-refractivity contribution in [2.45, 2.75) is 269 Å². The zero-order valence-electron chi connectivity index (χ0n) is 49.4. The summed E-state index contributed by atoms with van der Waals surface area (Å²) in [5.41, 5.74) is 0. The van der Waals surface area contributed by atoms with Crippen molar-refractivity contribution >= 4 is 11.9 Å². The van der Waals surface area contributed by atoms with Gasteiger partial charge in [0, 0.05) is 6.42 Å². The summed E-state index contributed by atoms with van der Waals surface area (Å²) >= 11 is 0. The van der Waals surface area contributed by atoms with Gasteiger partial charge >= 0.3 is 5.97 Å². The van der Waals surface area contributed by atoms with E-state index < -0.39 is 67.4 Å². The number of allylic oxidation sites excluding steroid dienone is 21. The smallest absolute Gasteiger partial charge is 0.306 e. The van der Waals surface area contributed by atoms with Crippen LogP contribution in [-0.4, -0.2) is 99.6 Å². The molecule has 0 radical (unpaired) electrons. The monoisotopic (exact) mass is 1100 g/mol. The number of hydrogen-bond acceptors (Lipinski definition) is 10. The van der Waals surface area contributed by atoms with Gasteiger partial charge in [0.1, 0.15) is 24.4 Å². The largest absolute Gasteiger partial charge is 0.454 e. The molecule has 0 aromatic rings. The molecule has 0 saturated carbocycles. The number of unbranched alkanes of at least 4 members (excludes halogenated alkanes) is 16. The minimum absolute atomic E-state index is 0.0562. The Labute approximate surface area is 480 Å². The molecule has 448 valence electrons. The van der Waals surface area contributed by atoms with Crippen LogP contribution in [0.4, 0.5) is 0 Å². The van der Waals surface area contributed by atoms with E-state index in [2.05, 4.69) is 148 Å². The molecule has 6 N–H and O–H groups in total. The SMILES string of the molecule is CC/C=C\C/C=C\C/C=C\C/C=C\C/C=C\C/C=C\CCCCC(=O)OC1C(OCC(NC(=O)C(O)CCCC/C=C\C/C=C\C/C=C\C/C=C\CCCCC)C(O)/C=C/CCCCCCCCCCC)OC(CO)C(O)C1O. The fraction of sp³-hybridized carbons (Fsp3) is 0.647. The Morgan fingerprint density at radius 3 is 1.39 bits per heavy atom. The van der Waals surface area contributed by atoms with Crippen LogP contribution < -0.4 is 5.32 Å². The van der Waals surface area contributed by atoms with Gasteiger partial charge in [-0.3, -0.25) is 9.59 Å². The first kappa shape index (κ1) is 72.8. The lowest BCUT2D eigenvalue weighted by Crippen LogP contribution is -2.61. The molecular formula is C68H111NO10. The molecule has 11 heteroatoms. The van der Waals surface area contributed by atoms with Crippen LogP contribution in [0, 0.1) is 0 Å². The summed E-state index contributed by atoms with van der Waals surface area (Å²) in [6, 6.07) is -1.06. The quantitative estimate of drug-likeness (QED) is 0.0195. The number of esters is 1. The number of ether oxygens (including phenoxy) is 3. The van der Waals surface area contributed by atoms with Crippen LogP contribution in [0.5, 0.6) is 0 Å². The van der Waals surface area contributed by atoms with Gasteiger partial charge in [-0.25, -0.2) is 0 Å². The molecular weight excluding hydrogens is 991 g/mol. The second-order valence-corrected chi connectivity index (χ2v) is 20.7. The maximum absolute atomic E-state index is 13.4. The van der Waals surface area contributed by atoms with E-state index in [0.717, 1.165) is 116 Å². The normalized spacial score (nSPS) is 19.8. The lowest BCUT2D eigenvalue weighted by Gasteiger charge is -2.41. The van der Waals surface area contributed by atoms with Crippen molar-refractivity contribution < 1.29 is 49.3 Å². The van der Waals surface area contributed by atoms with Crippen molar-refractivity contribution in [3.8, 4) is 0 Å². The van der Waals surface area contributed by atoms with Crippen molar-refractivity contribution in [3.05, 3.63) is 134 Å². The number of hydrogen-bond donors (Lipinski definition) is 6. The summed E-state index contributed by atoms with van der Waals surface area (Å²) in [7, 11) is 0. The fourth-order valence-electron chi connectivity index (χ4n) is 8.64. The molecule has 8 unspecified atom stereocenters. The Kier molecular flexibility index (Phi) is 50.1. The van der Waals surface area contributed by atoms with Gasteiger partial charge in [0.25, 0.3) is 0 Å². The van der Waals surface area contributed by atoms with Crippen LogP contribution in [0.15, 0.2) is 134 Å². The first-order chi connectivity index (χ1) is 38.7. The Bertz CT molecular complexity index is 1790. The van der Waals surface area contributed by atoms with E-state index in [4.69, 9.17) is 14.2 Å². The van der Waals surface area contributed by atoms with Crippen molar-refractivity contribution in [2.24, 2.45) is 0 Å². The summed E-state index contributed by atoms with van der Waals surface area (Å²) in [4.78, 5) is 26.5. The molecule has 0 aromatic carbocycles. The number of rotatable bonds is 50. The highest BCUT2D eigenvalue weighted by molar-refractivity contribution is 5.80. The van der Waals surface area contributed by atoms with E-state index in [9.17, 15) is 35.1 Å². The summed E-state index contributed by atoms with van der Waals surface area (Å²) in [5.74, 6) is -1.29. The molecule has 8 atom stereocenters. The summed E-state index contributed by atoms with van der Waals surface area (Å²) in [5, 5.41) is 56.9. The van der Waals surface area contributed by atoms with Gasteiger partial charge in [0.05, 0.1) is 25.4 Å². The Hall–Kier alpha value is -4.20. The minimum atomic E-state index is -1.65. The molecule has 79 heavy (non-hydrogen) atoms. The highest BCUT2D eigenvalue weighted by Gasteiger charge is 2.47. The molecule has 1 amide bonds. The predicted octanol–water partition coefficient (Wildman–Crippen LogP) is 14.8. The lowest BCUT2D eigenvalue weighted by atomic mass is 9.99. The highest BCUT2D eigenvalue weighted by atomic mass is 16.7. The van der Waals surface area contributed by atoms with Gasteiger partial charge in [-0.05, 0) is 122 Å². The molecule has 0 bridgehead atoms. The highest BCUT2D eigenvalue weighted by Crippen LogP contribution is 2.26. The van der Waals surface area contributed by atoms with Gasteiger partial charge in [0.2, 0.25) is 5.91 Å². The van der Waals surface area contributed by atoms with Crippen LogP contribution >= 0.6 is 0 Å². The van der Waals surface area contributed by atoms with E-state index >= 15 is 0 Å². The van der Waals surface area contributed by atoms with E-state index in [-0.39, 0.29) is 19.4 Å². The molecule has 0 aromatic heterocycles. The number of carbonyl (C=O) groups excluding carboxylic acids is 2. The standard InChI is InChI=1S/C68H111NO10/c1-4-7-10-13-16-19-22-24-26-28-30-31-32-34-36-38-41-44-47-50-53-56-63(73)79-66-65(75)64(74)62(57-70)78-68(66)77-58-59(60(71)54-51-48-45-42-39-21-18-15-12-9-6-3)69-67(76)61(72)55-52-49-46-43-40-37-35-33-29-27-25-23-20-17-14-11-8-5-2/h7,10,16-17,19-20,24-27,30-31,33-36,40-41,43-44,51,54,59-62,64-66,68,70-72,74-75H,4-6,8-9,11-15,18,21-23,28-29,32,37-39,42,45-50,52-53,55-58H2,1-3H3,(H,69,76)/b10-7-,19-16-,20-17-,26-24-,27-25-,31-30-,35-33-,36-34-,43-40-,44-41-,54-51+. The Morgan fingerprint density at radius 2 is 0.911 bits per heavy atom. The molecule has 1 rings (SSSR count). The topological polar surface area (TPSA) is 175 Å². The van der Waals surface area contributed by atoms with Crippen molar-refractivity contribution in [2.75, 3.05) is 13.2 Å². The van der Waals surface area contributed by atoms with Gasteiger partial charge in [-0.1, -0.05) is 225 Å². The summed E-state index contributed by atoms with van der Waals surface area (Å²) < 4.78 is 17.5. The average molecular weight is 1100 g/mol. The second kappa shape index (κ2) is 54.4. The summed E-state index contributed by atoms with van der Waals surface area (Å²) in [6.45, 7) is 5.57. The van der Waals surface area contributed by atoms with Crippen LogP contribution in [0.25, 0.3) is 0 Å². The maximum Gasteiger partial charge on any atom is 0.306 e. The number of aliphatic hydroxyl groups is 5. The Balaban J connectivity index is 2.73. The molecule has 11 nitrogen and oxygen atoms in total. The maximum atomic E-state index is 13.4. The van der Waals surface area contributed by atoms with Crippen molar-refractivity contribution in [1.29, 1.82) is 0 Å². The van der Waals surface area contributed by atoms with Crippen molar-refractivity contribution in [3.63, 3.8) is 0 Å². The molecule has 1 aliphatic rings. The lowest BCUT2D eigenvalue weighted by molar-refractivity contribution is -0.305. The molecule has 0 aliphatic carbocycles. The van der Waals surface area contributed by atoms with Crippen molar-refractivity contribution in [1.82, 2.24) is 5.32 Å². The Morgan fingerprint density at radius 1 is 0.506 bits per heavy atom. The van der Waals surface area contributed by atoms with Crippen LogP contribution in [0.2, 0.25) is 0 Å². The summed E-state index contributed by atoms with van der Waals surface area (Å²) in [6.07, 6.45) is 66.3. The molecule has 0 spiro atoms. The van der Waals surface area contributed by atoms with Crippen LogP contribution in [0.3, 0.4) is 0 Å². The van der Waals surface area contributed by atoms with E-state index in [1.165, 1.54) is 57.8 Å². The first-order valence-electron chi connectivity index (χ1n) is 31.0. The van der Waals surface area contributed by atoms with Crippen LogP contribution in [0.1, 0.15) is 220 Å². The average Bonchev–Trinajstić information content (AvgIpc) is 3.47. The zero-order valence-corrected chi connectivity index (χ0v) is 49.4. The third-order valence-electron chi connectivity index (χ3n) is 13.5. The van der Waals surface area contributed by atoms with Crippen LogP contribution in [-0.2, 0) is 23.8 Å². The minimum Gasteiger partial charge on any atom is -0.454 e. The van der Waals surface area contributed by atoms with Gasteiger partial charge in [0.15, 0.2) is 12.4 Å². The number of amides is 1. The third-order valence-corrected chi connectivity index (χ3v) is 13.5. The molecule has 1 saturated heterocycles. The second-order valence-electron chi connectivity index (χ2n) is 20.7. The van der Waals surface area contributed by atoms with E-state index in [0.29, 0.717) is 12.8 Å². The number of aliphatic hydroxyl groups excluding tert-OH is 5. The third kappa shape index (κ3) is 42.3. The predicted molar refractivity (Wildman–Crippen MR) is 328 cm³/mol. The van der Waals surface area contributed by atoms with Gasteiger partial charge in [-0.2, -0.15) is 0 Å². The number of nitrogens with one attached hydrogen (secondary N) is 1. The van der Waals surface area contributed by atoms with Gasteiger partial charge in [-0.15, -0.1) is 0 Å². The first-order valence-corrected chi connectivity index (χ1v) is 31.0. The zero-order chi connectivity index (χ0) is 57.5. The van der Waals surface area contributed by atoms with Gasteiger partial charge < -0.3 is 45.1 Å². The van der Waals surface area contributed by atoms with E-state index in [1.54, 1.807) is 6.08 Å². The van der Waals surface area contributed by atoms with E-state index in [1.807, 2.05) is 6.08 Å². The molecule has 1 fully saturated rings. The fourth-order valence-corrected chi connectivity index (χ4v) is 8.64. The molecule has 1 aliphatic heterocycles. The molecule has 1 heterocycles. The number of carbonyl (C=O) groups is 2.